The molecular weight excluding hydrogens is 761 g/mol. The first-order valence-electron chi connectivity index (χ1n) is 20.5. The van der Waals surface area contributed by atoms with Crippen molar-refractivity contribution in [3.05, 3.63) is 46.3 Å². The lowest BCUT2D eigenvalue weighted by molar-refractivity contribution is -0.149. The minimum absolute atomic E-state index is 0.0598. The SMILES string of the molecule is CC[C@H](C)[C@@H]([C@@H](CC(=O)N1CCC[C@H]1[C@H](OC)[C@@H](C)C(=O)C[C@@H](Cc1ccccc1)C(N)=O)OC)N(C)C(=O)[C@@H](CC(=O)[C@H](C(C)C)N(C)C(=O)CON)[C@H](C)N=[N+]=[N-]. The van der Waals surface area contributed by atoms with Gasteiger partial charge in [0.05, 0.1) is 42.7 Å². The van der Waals surface area contributed by atoms with E-state index in [1.807, 2.05) is 44.2 Å². The fraction of sp³-hybridized carbons (Fsp3) is 0.714. The average Bonchev–Trinajstić information content (AvgIpc) is 3.69. The number of benzene rings is 1. The Morgan fingerprint density at radius 2 is 1.59 bits per heavy atom. The van der Waals surface area contributed by atoms with Gasteiger partial charge in [0, 0.05) is 70.5 Å². The molecule has 0 unspecified atom stereocenters. The molecule has 1 aliphatic heterocycles. The first-order chi connectivity index (χ1) is 27.9. The first-order valence-corrected chi connectivity index (χ1v) is 20.5. The monoisotopic (exact) mass is 829 g/mol. The molecule has 330 valence electrons. The highest BCUT2D eigenvalue weighted by Crippen LogP contribution is 2.31. The van der Waals surface area contributed by atoms with E-state index in [0.717, 1.165) is 5.56 Å². The normalized spacial score (nSPS) is 18.6. The maximum absolute atomic E-state index is 14.5. The van der Waals surface area contributed by atoms with Gasteiger partial charge in [0.1, 0.15) is 12.4 Å². The molecule has 1 aromatic rings. The molecule has 1 aromatic carbocycles. The molecule has 1 heterocycles. The smallest absolute Gasteiger partial charge is 0.251 e. The molecule has 17 nitrogen and oxygen atoms in total. The number of amides is 4. The Hall–Kier alpha value is -4.41. The van der Waals surface area contributed by atoms with Gasteiger partial charge >= 0.3 is 0 Å². The van der Waals surface area contributed by atoms with Crippen molar-refractivity contribution >= 4 is 35.2 Å². The van der Waals surface area contributed by atoms with E-state index in [1.54, 1.807) is 39.6 Å². The highest BCUT2D eigenvalue weighted by atomic mass is 16.6. The van der Waals surface area contributed by atoms with Crippen LogP contribution in [0, 0.1) is 29.6 Å². The Bertz CT molecular complexity index is 1610. The molecule has 1 fully saturated rings. The minimum atomic E-state index is -1.09. The second-order valence-corrected chi connectivity index (χ2v) is 16.3. The number of nitrogens with two attached hydrogens (primary N) is 2. The summed E-state index contributed by atoms with van der Waals surface area (Å²) < 4.78 is 11.9. The molecule has 59 heavy (non-hydrogen) atoms. The van der Waals surface area contributed by atoms with Gasteiger partial charge in [-0.2, -0.15) is 0 Å². The van der Waals surface area contributed by atoms with E-state index < -0.39 is 84.2 Å². The summed E-state index contributed by atoms with van der Waals surface area (Å²) in [5.41, 5.74) is 16.0. The van der Waals surface area contributed by atoms with Crippen molar-refractivity contribution < 1.29 is 43.1 Å². The Labute approximate surface area is 349 Å². The van der Waals surface area contributed by atoms with Gasteiger partial charge in [-0.3, -0.25) is 33.6 Å². The third-order valence-electron chi connectivity index (χ3n) is 12.1. The molecule has 0 saturated carbocycles. The number of primary amides is 1. The van der Waals surface area contributed by atoms with Gasteiger partial charge in [-0.25, -0.2) is 5.90 Å². The maximum atomic E-state index is 14.5. The van der Waals surface area contributed by atoms with E-state index in [0.29, 0.717) is 32.2 Å². The highest BCUT2D eigenvalue weighted by molar-refractivity contribution is 5.93. The Balaban J connectivity index is 2.36. The largest absolute Gasteiger partial charge is 0.379 e. The zero-order chi connectivity index (χ0) is 44.6. The molecule has 0 radical (unpaired) electrons. The molecule has 10 atom stereocenters. The zero-order valence-electron chi connectivity index (χ0n) is 36.6. The Morgan fingerprint density at radius 1 is 0.949 bits per heavy atom. The van der Waals surface area contributed by atoms with Crippen molar-refractivity contribution in [3.63, 3.8) is 0 Å². The molecule has 0 spiro atoms. The predicted octanol–water partition coefficient (Wildman–Crippen LogP) is 3.86. The molecule has 0 bridgehead atoms. The van der Waals surface area contributed by atoms with Crippen molar-refractivity contribution in [2.75, 3.05) is 41.5 Å². The summed E-state index contributed by atoms with van der Waals surface area (Å²) in [7, 11) is 6.04. The second kappa shape index (κ2) is 24.6. The number of rotatable bonds is 26. The van der Waals surface area contributed by atoms with Crippen LogP contribution in [0.4, 0.5) is 0 Å². The standard InChI is InChI=1S/C42H68N8O9/c1-11-26(4)39(49(8)42(56)31(28(6)46-47-44)22-34(52)38(25(2)3)48(7)37(54)24-59-45)35(57-9)23-36(53)50-19-15-18-32(50)40(58-10)27(5)33(51)21-30(41(43)55)20-29-16-13-12-14-17-29/h12-14,16-17,25-28,30-32,35,38-40H,11,15,18-24,45H2,1-10H3,(H2,43,55)/t26-,27-,28-,30+,31-,32-,35+,38-,39-,40+/m0/s1. The number of nitrogens with zero attached hydrogens (tertiary/aromatic N) is 6. The summed E-state index contributed by atoms with van der Waals surface area (Å²) in [5.74, 6) is -0.212. The third-order valence-corrected chi connectivity index (χ3v) is 12.1. The summed E-state index contributed by atoms with van der Waals surface area (Å²) in [6, 6.07) is 6.45. The van der Waals surface area contributed by atoms with Crippen LogP contribution in [0.15, 0.2) is 35.4 Å². The molecule has 0 aromatic heterocycles. The lowest BCUT2D eigenvalue weighted by Crippen LogP contribution is -2.55. The number of carbonyl (C=O) groups excluding carboxylic acids is 6. The van der Waals surface area contributed by atoms with Crippen LogP contribution in [0.2, 0.25) is 0 Å². The van der Waals surface area contributed by atoms with Crippen molar-refractivity contribution in [2.45, 2.75) is 123 Å². The van der Waals surface area contributed by atoms with Crippen LogP contribution in [-0.4, -0.2) is 128 Å². The summed E-state index contributed by atoms with van der Waals surface area (Å²) >= 11 is 0. The van der Waals surface area contributed by atoms with Gasteiger partial charge in [0.15, 0.2) is 5.78 Å². The van der Waals surface area contributed by atoms with Crippen molar-refractivity contribution in [1.82, 2.24) is 14.7 Å². The van der Waals surface area contributed by atoms with Crippen molar-refractivity contribution in [1.29, 1.82) is 0 Å². The molecule has 2 rings (SSSR count). The van der Waals surface area contributed by atoms with Gasteiger partial charge in [-0.15, -0.1) is 0 Å². The lowest BCUT2D eigenvalue weighted by Gasteiger charge is -2.41. The van der Waals surface area contributed by atoms with E-state index in [-0.39, 0.29) is 42.8 Å². The number of ketones is 2. The topological polar surface area (TPSA) is 241 Å². The van der Waals surface area contributed by atoms with Crippen LogP contribution in [0.3, 0.4) is 0 Å². The Kier molecular flexibility index (Phi) is 21.2. The Morgan fingerprint density at radius 3 is 2.12 bits per heavy atom. The summed E-state index contributed by atoms with van der Waals surface area (Å²) in [6.07, 6.45) is 0.315. The number of ether oxygens (including phenoxy) is 2. The number of hydrogen-bond donors (Lipinski definition) is 2. The molecule has 4 N–H and O–H groups in total. The van der Waals surface area contributed by atoms with Gasteiger partial charge < -0.3 is 29.9 Å². The van der Waals surface area contributed by atoms with E-state index in [2.05, 4.69) is 14.9 Å². The number of likely N-dealkylation sites (tertiary alicyclic amines) is 1. The second-order valence-electron chi connectivity index (χ2n) is 16.3. The number of hydrogen-bond acceptors (Lipinski definition) is 11. The van der Waals surface area contributed by atoms with Crippen LogP contribution in [-0.2, 0) is 49.5 Å². The third kappa shape index (κ3) is 13.8. The predicted molar refractivity (Wildman–Crippen MR) is 222 cm³/mol. The molecule has 4 amide bonds. The summed E-state index contributed by atoms with van der Waals surface area (Å²) in [5, 5.41) is 3.80. The summed E-state index contributed by atoms with van der Waals surface area (Å²) in [6.45, 7) is 10.8. The molecule has 0 aliphatic carbocycles. The van der Waals surface area contributed by atoms with E-state index in [9.17, 15) is 34.3 Å². The van der Waals surface area contributed by atoms with Gasteiger partial charge in [-0.1, -0.05) is 83.4 Å². The molecule has 1 aliphatic rings. The summed E-state index contributed by atoms with van der Waals surface area (Å²) in [4.78, 5) is 93.3. The van der Waals surface area contributed by atoms with Crippen LogP contribution in [0.1, 0.15) is 85.6 Å². The number of likely N-dealkylation sites (N-methyl/N-ethyl adjacent to an activating group) is 2. The van der Waals surface area contributed by atoms with Gasteiger partial charge in [0.2, 0.25) is 17.7 Å². The van der Waals surface area contributed by atoms with Crippen LogP contribution >= 0.6 is 0 Å². The number of azide groups is 1. The van der Waals surface area contributed by atoms with Crippen LogP contribution < -0.4 is 11.6 Å². The zero-order valence-corrected chi connectivity index (χ0v) is 36.6. The molecular formula is C42H68N8O9. The molecule has 17 heteroatoms. The first kappa shape index (κ1) is 50.7. The lowest BCUT2D eigenvalue weighted by atomic mass is 9.85. The van der Waals surface area contributed by atoms with E-state index >= 15 is 0 Å². The number of methoxy groups -OCH3 is 2. The van der Waals surface area contributed by atoms with Crippen molar-refractivity contribution in [2.24, 2.45) is 46.3 Å². The average molecular weight is 829 g/mol. The van der Waals surface area contributed by atoms with E-state index in [4.69, 9.17) is 21.1 Å². The highest BCUT2D eigenvalue weighted by Gasteiger charge is 2.44. The number of Topliss-reactive ketones (excluding diaryl/α,β-unsaturated/α-hetero) is 2. The van der Waals surface area contributed by atoms with Crippen molar-refractivity contribution in [3.8, 4) is 0 Å². The maximum Gasteiger partial charge on any atom is 0.251 e. The molecule has 1 saturated heterocycles. The van der Waals surface area contributed by atoms with Crippen LogP contribution in [0.25, 0.3) is 10.4 Å². The van der Waals surface area contributed by atoms with Gasteiger partial charge in [0.25, 0.3) is 5.91 Å². The van der Waals surface area contributed by atoms with Crippen LogP contribution in [0.5, 0.6) is 0 Å². The quantitative estimate of drug-likeness (QED) is 0.0592. The minimum Gasteiger partial charge on any atom is -0.379 e. The fourth-order valence-electron chi connectivity index (χ4n) is 8.53. The number of carbonyl (C=O) groups is 6. The van der Waals surface area contributed by atoms with Gasteiger partial charge in [-0.05, 0) is 42.2 Å². The van der Waals surface area contributed by atoms with E-state index in [1.165, 1.54) is 31.1 Å². The fourth-order valence-corrected chi connectivity index (χ4v) is 8.53.